The number of rotatable bonds is 3. The topological polar surface area (TPSA) is 98.9 Å². The number of halogens is 1. The number of hydrazine groups is 1. The largest absolute Gasteiger partial charge is 0.331 e. The fourth-order valence-corrected chi connectivity index (χ4v) is 3.62. The van der Waals surface area contributed by atoms with Gasteiger partial charge in [0.1, 0.15) is 16.5 Å². The van der Waals surface area contributed by atoms with E-state index >= 15 is 0 Å². The van der Waals surface area contributed by atoms with Crippen LogP contribution < -0.4 is 21.7 Å². The predicted octanol–water partition coefficient (Wildman–Crippen LogP) is 2.30. The standard InChI is InChI=1S/C17H16FN5O2S2/c1-8-9(2)27-16-14(8)15(25)20-12(21-16)7-13(24)22-23-17(26)19-11-5-3-10(18)4-6-11/h3-6H,7H2,1-2H3,(H,22,24)(H2,19,23,26)(H,20,21,25). The van der Waals surface area contributed by atoms with Crippen LogP contribution in [0.2, 0.25) is 0 Å². The second-order valence-electron chi connectivity index (χ2n) is 5.79. The van der Waals surface area contributed by atoms with Gasteiger partial charge in [0.2, 0.25) is 5.91 Å². The van der Waals surface area contributed by atoms with Crippen LogP contribution >= 0.6 is 23.6 Å². The second-order valence-corrected chi connectivity index (χ2v) is 7.40. The first kappa shape index (κ1) is 18.9. The van der Waals surface area contributed by atoms with Crippen molar-refractivity contribution in [3.05, 3.63) is 56.7 Å². The maximum atomic E-state index is 12.9. The molecule has 1 aromatic carbocycles. The highest BCUT2D eigenvalue weighted by molar-refractivity contribution is 7.80. The minimum absolute atomic E-state index is 0.118. The molecule has 0 atom stereocenters. The summed E-state index contributed by atoms with van der Waals surface area (Å²) >= 11 is 6.47. The van der Waals surface area contributed by atoms with Gasteiger partial charge in [-0.2, -0.15) is 0 Å². The van der Waals surface area contributed by atoms with Gasteiger partial charge in [-0.05, 0) is 55.9 Å². The summed E-state index contributed by atoms with van der Waals surface area (Å²) in [5.74, 6) is -0.515. The Hall–Kier alpha value is -2.85. The van der Waals surface area contributed by atoms with Crippen LogP contribution in [0, 0.1) is 19.7 Å². The van der Waals surface area contributed by atoms with Crippen molar-refractivity contribution in [3.63, 3.8) is 0 Å². The molecule has 0 aliphatic carbocycles. The van der Waals surface area contributed by atoms with Gasteiger partial charge in [0.05, 0.1) is 11.8 Å². The average Bonchev–Trinajstić information content (AvgIpc) is 2.89. The lowest BCUT2D eigenvalue weighted by Crippen LogP contribution is -2.44. The van der Waals surface area contributed by atoms with Gasteiger partial charge < -0.3 is 10.3 Å². The molecule has 7 nitrogen and oxygen atoms in total. The number of benzene rings is 1. The lowest BCUT2D eigenvalue weighted by Gasteiger charge is -2.11. The third-order valence-corrected chi connectivity index (χ3v) is 5.14. The monoisotopic (exact) mass is 405 g/mol. The van der Waals surface area contributed by atoms with Gasteiger partial charge in [0, 0.05) is 10.6 Å². The zero-order valence-electron chi connectivity index (χ0n) is 14.5. The molecule has 0 fully saturated rings. The molecule has 0 bridgehead atoms. The number of nitrogens with zero attached hydrogens (tertiary/aromatic N) is 1. The summed E-state index contributed by atoms with van der Waals surface area (Å²) in [5.41, 5.74) is 6.18. The fourth-order valence-electron chi connectivity index (χ4n) is 2.40. The summed E-state index contributed by atoms with van der Waals surface area (Å²) in [6.45, 7) is 3.79. The highest BCUT2D eigenvalue weighted by atomic mass is 32.1. The number of carbonyl (C=O) groups excluding carboxylic acids is 1. The number of hydrogen-bond acceptors (Lipinski definition) is 5. The summed E-state index contributed by atoms with van der Waals surface area (Å²) in [6.07, 6.45) is -0.118. The number of carbonyl (C=O) groups is 1. The van der Waals surface area contributed by atoms with E-state index in [1.165, 1.54) is 35.6 Å². The van der Waals surface area contributed by atoms with Crippen LogP contribution in [-0.4, -0.2) is 21.0 Å². The molecule has 2 aromatic heterocycles. The minimum atomic E-state index is -0.425. The Labute approximate surface area is 163 Å². The first-order chi connectivity index (χ1) is 12.8. The molecule has 0 saturated carbocycles. The van der Waals surface area contributed by atoms with E-state index in [9.17, 15) is 14.0 Å². The Morgan fingerprint density at radius 2 is 1.96 bits per heavy atom. The van der Waals surface area contributed by atoms with Gasteiger partial charge in [-0.15, -0.1) is 11.3 Å². The number of amides is 1. The van der Waals surface area contributed by atoms with Gasteiger partial charge in [0.25, 0.3) is 5.56 Å². The number of H-pyrrole nitrogens is 1. The third kappa shape index (κ3) is 4.47. The number of aryl methyl sites for hydroxylation is 2. The molecule has 4 N–H and O–H groups in total. The third-order valence-electron chi connectivity index (χ3n) is 3.83. The number of nitrogens with one attached hydrogen (secondary N) is 4. The molecule has 0 saturated heterocycles. The molecular weight excluding hydrogens is 389 g/mol. The van der Waals surface area contributed by atoms with Crippen LogP contribution in [0.1, 0.15) is 16.3 Å². The molecule has 10 heteroatoms. The Bertz CT molecular complexity index is 1080. The summed E-state index contributed by atoms with van der Waals surface area (Å²) in [6, 6.07) is 5.60. The molecule has 0 radical (unpaired) electrons. The molecular formula is C17H16FN5O2S2. The number of thiophene rings is 1. The van der Waals surface area contributed by atoms with Crippen LogP contribution in [0.15, 0.2) is 29.1 Å². The SMILES string of the molecule is Cc1sc2nc(CC(=O)NNC(=S)Nc3ccc(F)cc3)[nH]c(=O)c2c1C. The average molecular weight is 405 g/mol. The zero-order valence-corrected chi connectivity index (χ0v) is 16.1. The summed E-state index contributed by atoms with van der Waals surface area (Å²) < 4.78 is 12.9. The molecule has 27 heavy (non-hydrogen) atoms. The predicted molar refractivity (Wildman–Crippen MR) is 107 cm³/mol. The number of hydrogen-bond donors (Lipinski definition) is 4. The van der Waals surface area contributed by atoms with E-state index in [1.54, 1.807) is 0 Å². The number of fused-ring (bicyclic) bond motifs is 1. The van der Waals surface area contributed by atoms with Crippen molar-refractivity contribution in [2.75, 3.05) is 5.32 Å². The summed E-state index contributed by atoms with van der Waals surface area (Å²) in [4.78, 5) is 32.9. The van der Waals surface area contributed by atoms with E-state index < -0.39 is 5.91 Å². The normalized spacial score (nSPS) is 10.6. The Balaban J connectivity index is 1.59. The first-order valence-corrected chi connectivity index (χ1v) is 9.16. The molecule has 140 valence electrons. The van der Waals surface area contributed by atoms with Crippen molar-refractivity contribution in [1.82, 2.24) is 20.8 Å². The molecule has 0 spiro atoms. The van der Waals surface area contributed by atoms with Gasteiger partial charge in [-0.1, -0.05) is 0 Å². The van der Waals surface area contributed by atoms with E-state index in [4.69, 9.17) is 12.2 Å². The lowest BCUT2D eigenvalue weighted by molar-refractivity contribution is -0.121. The molecule has 3 aromatic rings. The fraction of sp³-hybridized carbons (Fsp3) is 0.176. The molecule has 0 unspecified atom stereocenters. The van der Waals surface area contributed by atoms with Crippen LogP contribution in [0.25, 0.3) is 10.2 Å². The summed E-state index contributed by atoms with van der Waals surface area (Å²) in [7, 11) is 0. The number of thiocarbonyl (C=S) groups is 1. The quantitative estimate of drug-likeness (QED) is 0.394. The highest BCUT2D eigenvalue weighted by Gasteiger charge is 2.13. The summed E-state index contributed by atoms with van der Waals surface area (Å²) in [5, 5.41) is 3.49. The number of aromatic amines is 1. The van der Waals surface area contributed by atoms with Crippen LogP contribution in [0.4, 0.5) is 10.1 Å². The first-order valence-electron chi connectivity index (χ1n) is 7.94. The Morgan fingerprint density at radius 3 is 2.67 bits per heavy atom. The highest BCUT2D eigenvalue weighted by Crippen LogP contribution is 2.25. The lowest BCUT2D eigenvalue weighted by atomic mass is 10.2. The van der Waals surface area contributed by atoms with Crippen molar-refractivity contribution in [2.45, 2.75) is 20.3 Å². The van der Waals surface area contributed by atoms with Crippen molar-refractivity contribution in [2.24, 2.45) is 0 Å². The minimum Gasteiger partial charge on any atom is -0.331 e. The second kappa shape index (κ2) is 7.80. The van der Waals surface area contributed by atoms with Gasteiger partial charge in [-0.3, -0.25) is 20.4 Å². The van der Waals surface area contributed by atoms with Crippen LogP contribution in [-0.2, 0) is 11.2 Å². The van der Waals surface area contributed by atoms with Crippen molar-refractivity contribution >= 4 is 50.5 Å². The van der Waals surface area contributed by atoms with E-state index in [0.29, 0.717) is 15.9 Å². The van der Waals surface area contributed by atoms with Crippen LogP contribution in [0.3, 0.4) is 0 Å². The zero-order chi connectivity index (χ0) is 19.6. The Kier molecular flexibility index (Phi) is 5.47. The van der Waals surface area contributed by atoms with Crippen LogP contribution in [0.5, 0.6) is 0 Å². The van der Waals surface area contributed by atoms with Crippen molar-refractivity contribution in [3.8, 4) is 0 Å². The van der Waals surface area contributed by atoms with Gasteiger partial charge in [-0.25, -0.2) is 9.37 Å². The van der Waals surface area contributed by atoms with E-state index in [0.717, 1.165) is 10.4 Å². The van der Waals surface area contributed by atoms with Gasteiger partial charge in [0.15, 0.2) is 5.11 Å². The van der Waals surface area contributed by atoms with E-state index in [1.807, 2.05) is 13.8 Å². The maximum Gasteiger partial charge on any atom is 0.259 e. The molecule has 3 rings (SSSR count). The smallest absolute Gasteiger partial charge is 0.259 e. The number of anilines is 1. The molecule has 0 aliphatic rings. The van der Waals surface area contributed by atoms with Crippen molar-refractivity contribution < 1.29 is 9.18 Å². The molecule has 2 heterocycles. The molecule has 1 amide bonds. The van der Waals surface area contributed by atoms with E-state index in [-0.39, 0.29) is 28.7 Å². The van der Waals surface area contributed by atoms with E-state index in [2.05, 4.69) is 26.1 Å². The molecule has 0 aliphatic heterocycles. The van der Waals surface area contributed by atoms with Crippen molar-refractivity contribution in [1.29, 1.82) is 0 Å². The van der Waals surface area contributed by atoms with Gasteiger partial charge >= 0.3 is 0 Å². The number of aromatic nitrogens is 2. The Morgan fingerprint density at radius 1 is 1.26 bits per heavy atom. The maximum absolute atomic E-state index is 12.9.